The average molecular weight is 369 g/mol. The first kappa shape index (κ1) is 16.9. The molecule has 1 aromatic heterocycles. The van der Waals surface area contributed by atoms with E-state index in [4.69, 9.17) is 11.6 Å². The van der Waals surface area contributed by atoms with Gasteiger partial charge in [0.15, 0.2) is 5.03 Å². The molecule has 1 N–H and O–H groups in total. The Morgan fingerprint density at radius 3 is 2.54 bits per heavy atom. The van der Waals surface area contributed by atoms with Crippen LogP contribution >= 0.6 is 11.6 Å². The van der Waals surface area contributed by atoms with Crippen molar-refractivity contribution in [2.45, 2.75) is 11.4 Å². The van der Waals surface area contributed by atoms with Crippen LogP contribution in [0.3, 0.4) is 0 Å². The van der Waals surface area contributed by atoms with Crippen LogP contribution in [0.25, 0.3) is 0 Å². The van der Waals surface area contributed by atoms with Gasteiger partial charge in [0, 0.05) is 36.8 Å². The van der Waals surface area contributed by atoms with Crippen LogP contribution < -0.4 is 0 Å². The lowest BCUT2D eigenvalue weighted by molar-refractivity contribution is 0.0764. The smallest absolute Gasteiger partial charge is 0.260 e. The quantitative estimate of drug-likeness (QED) is 0.891. The summed E-state index contributed by atoms with van der Waals surface area (Å²) in [5.74, 6) is -0.118. The minimum Gasteiger partial charge on any atom is -0.337 e. The molecule has 1 saturated heterocycles. The number of rotatable bonds is 3. The number of carbonyl (C=O) groups excluding carboxylic acids is 1. The van der Waals surface area contributed by atoms with Crippen LogP contribution in [0.5, 0.6) is 0 Å². The molecule has 7 nitrogen and oxygen atoms in total. The van der Waals surface area contributed by atoms with Crippen molar-refractivity contribution in [3.8, 4) is 0 Å². The Balaban J connectivity index is 1.71. The summed E-state index contributed by atoms with van der Waals surface area (Å²) in [6.45, 7) is 1.47. The second-order valence-electron chi connectivity index (χ2n) is 5.47. The number of nitrogens with one attached hydrogen (secondary N) is 1. The van der Waals surface area contributed by atoms with E-state index >= 15 is 0 Å². The maximum atomic E-state index is 12.5. The van der Waals surface area contributed by atoms with Gasteiger partial charge in [-0.05, 0) is 30.7 Å². The maximum absolute atomic E-state index is 12.5. The van der Waals surface area contributed by atoms with Crippen LogP contribution in [0, 0.1) is 0 Å². The van der Waals surface area contributed by atoms with Gasteiger partial charge in [0.1, 0.15) is 0 Å². The van der Waals surface area contributed by atoms with E-state index in [0.29, 0.717) is 36.6 Å². The lowest BCUT2D eigenvalue weighted by Crippen LogP contribution is -2.37. The summed E-state index contributed by atoms with van der Waals surface area (Å²) in [6, 6.07) is 6.69. The van der Waals surface area contributed by atoms with Crippen molar-refractivity contribution in [3.63, 3.8) is 0 Å². The molecule has 9 heteroatoms. The van der Waals surface area contributed by atoms with Crippen molar-refractivity contribution < 1.29 is 13.2 Å². The van der Waals surface area contributed by atoms with E-state index in [1.807, 2.05) is 0 Å². The molecule has 0 bridgehead atoms. The molecule has 0 aliphatic carbocycles. The predicted molar refractivity (Wildman–Crippen MR) is 89.3 cm³/mol. The first-order valence-electron chi connectivity index (χ1n) is 7.52. The fraction of sp³-hybridized carbons (Fsp3) is 0.333. The highest BCUT2D eigenvalue weighted by Gasteiger charge is 2.29. The molecule has 3 rings (SSSR count). The number of sulfonamides is 1. The van der Waals surface area contributed by atoms with E-state index in [9.17, 15) is 13.2 Å². The summed E-state index contributed by atoms with van der Waals surface area (Å²) in [6.07, 6.45) is 3.20. The van der Waals surface area contributed by atoms with Gasteiger partial charge in [-0.2, -0.15) is 4.31 Å². The topological polar surface area (TPSA) is 86.4 Å². The molecule has 1 aliphatic heterocycles. The van der Waals surface area contributed by atoms with Gasteiger partial charge in [0.2, 0.25) is 0 Å². The molecule has 2 heterocycles. The second kappa shape index (κ2) is 6.92. The summed E-state index contributed by atoms with van der Waals surface area (Å²) >= 11 is 5.84. The largest absolute Gasteiger partial charge is 0.337 e. The third-order valence-electron chi connectivity index (χ3n) is 3.92. The van der Waals surface area contributed by atoms with E-state index in [0.717, 1.165) is 0 Å². The summed E-state index contributed by atoms with van der Waals surface area (Å²) < 4.78 is 26.4. The van der Waals surface area contributed by atoms with Gasteiger partial charge in [-0.1, -0.05) is 11.6 Å². The number of imidazole rings is 1. The summed E-state index contributed by atoms with van der Waals surface area (Å²) in [4.78, 5) is 20.6. The van der Waals surface area contributed by atoms with Gasteiger partial charge < -0.3 is 9.88 Å². The minimum absolute atomic E-state index is 0.0694. The molecule has 0 atom stereocenters. The highest BCUT2D eigenvalue weighted by Crippen LogP contribution is 2.17. The number of carbonyl (C=O) groups is 1. The number of nitrogens with zero attached hydrogens (tertiary/aromatic N) is 3. The fourth-order valence-electron chi connectivity index (χ4n) is 2.64. The molecule has 0 saturated carbocycles. The highest BCUT2D eigenvalue weighted by molar-refractivity contribution is 7.89. The van der Waals surface area contributed by atoms with E-state index in [1.165, 1.54) is 16.8 Å². The zero-order valence-electron chi connectivity index (χ0n) is 12.9. The number of aromatic nitrogens is 2. The standard InChI is InChI=1S/C15H17ClN4O3S/c16-13-4-2-12(3-5-13)15(21)19-6-1-7-20(9-8-19)24(22,23)14-10-17-11-18-14/h2-5,10-11H,1,6-9H2,(H,17,18). The number of hydrogen-bond donors (Lipinski definition) is 1. The highest BCUT2D eigenvalue weighted by atomic mass is 35.5. The molecule has 1 aromatic carbocycles. The minimum atomic E-state index is -3.60. The van der Waals surface area contributed by atoms with Gasteiger partial charge in [-0.15, -0.1) is 0 Å². The Morgan fingerprint density at radius 2 is 1.88 bits per heavy atom. The molecule has 0 radical (unpaired) electrons. The van der Waals surface area contributed by atoms with Gasteiger partial charge in [-0.3, -0.25) is 4.79 Å². The number of aromatic amines is 1. The van der Waals surface area contributed by atoms with Crippen molar-refractivity contribution in [1.29, 1.82) is 0 Å². The van der Waals surface area contributed by atoms with Crippen molar-refractivity contribution in [1.82, 2.24) is 19.2 Å². The summed E-state index contributed by atoms with van der Waals surface area (Å²) in [5, 5.41) is 0.638. The molecule has 2 aromatic rings. The van der Waals surface area contributed by atoms with Gasteiger partial charge in [-0.25, -0.2) is 13.4 Å². The fourth-order valence-corrected chi connectivity index (χ4v) is 4.13. The van der Waals surface area contributed by atoms with Crippen molar-refractivity contribution in [2.75, 3.05) is 26.2 Å². The lowest BCUT2D eigenvalue weighted by Gasteiger charge is -2.21. The second-order valence-corrected chi connectivity index (χ2v) is 7.82. The first-order valence-corrected chi connectivity index (χ1v) is 9.33. The van der Waals surface area contributed by atoms with Crippen LogP contribution in [0.2, 0.25) is 5.02 Å². The van der Waals surface area contributed by atoms with Gasteiger partial charge >= 0.3 is 0 Å². The predicted octanol–water partition coefficient (Wildman–Crippen LogP) is 1.60. The van der Waals surface area contributed by atoms with Crippen LogP contribution in [-0.2, 0) is 10.0 Å². The Hall–Kier alpha value is -1.90. The number of halogens is 1. The van der Waals surface area contributed by atoms with Gasteiger partial charge in [0.05, 0.1) is 12.5 Å². The van der Waals surface area contributed by atoms with E-state index in [2.05, 4.69) is 9.97 Å². The monoisotopic (exact) mass is 368 g/mol. The van der Waals surface area contributed by atoms with Crippen molar-refractivity contribution in [3.05, 3.63) is 47.4 Å². The molecule has 1 amide bonds. The zero-order chi connectivity index (χ0) is 17.2. The Kier molecular flexibility index (Phi) is 4.88. The molecule has 1 aliphatic rings. The molecular weight excluding hydrogens is 352 g/mol. The molecule has 0 unspecified atom stereocenters. The average Bonchev–Trinajstić information content (AvgIpc) is 3.00. The number of hydrogen-bond acceptors (Lipinski definition) is 4. The Bertz CT molecular complexity index is 806. The summed E-state index contributed by atoms with van der Waals surface area (Å²) in [5.41, 5.74) is 0.546. The van der Waals surface area contributed by atoms with E-state index in [1.54, 1.807) is 29.2 Å². The van der Waals surface area contributed by atoms with Crippen LogP contribution in [-0.4, -0.2) is 59.7 Å². The molecular formula is C15H17ClN4O3S. The normalized spacial score (nSPS) is 16.8. The number of amides is 1. The van der Waals surface area contributed by atoms with Crippen molar-refractivity contribution in [2.24, 2.45) is 0 Å². The SMILES string of the molecule is O=C(c1ccc(Cl)cc1)N1CCCN(S(=O)(=O)c2cnc[nH]2)CC1. The Morgan fingerprint density at radius 1 is 1.12 bits per heavy atom. The van der Waals surface area contributed by atoms with E-state index < -0.39 is 10.0 Å². The van der Waals surface area contributed by atoms with E-state index in [-0.39, 0.29) is 17.5 Å². The molecule has 128 valence electrons. The molecule has 1 fully saturated rings. The summed E-state index contributed by atoms with van der Waals surface area (Å²) in [7, 11) is -3.60. The molecule has 24 heavy (non-hydrogen) atoms. The zero-order valence-corrected chi connectivity index (χ0v) is 14.4. The van der Waals surface area contributed by atoms with Crippen LogP contribution in [0.15, 0.2) is 41.8 Å². The molecule has 0 spiro atoms. The number of benzene rings is 1. The van der Waals surface area contributed by atoms with Crippen LogP contribution in [0.4, 0.5) is 0 Å². The van der Waals surface area contributed by atoms with Crippen molar-refractivity contribution >= 4 is 27.5 Å². The van der Waals surface area contributed by atoms with Gasteiger partial charge in [0.25, 0.3) is 15.9 Å². The maximum Gasteiger partial charge on any atom is 0.260 e. The third-order valence-corrected chi connectivity index (χ3v) is 6.00. The first-order chi connectivity index (χ1) is 11.5. The van der Waals surface area contributed by atoms with Crippen LogP contribution in [0.1, 0.15) is 16.8 Å². The third kappa shape index (κ3) is 3.45. The number of H-pyrrole nitrogens is 1. The Labute approximate surface area is 145 Å². The lowest BCUT2D eigenvalue weighted by atomic mass is 10.2.